The van der Waals surface area contributed by atoms with E-state index in [4.69, 9.17) is 4.74 Å². The van der Waals surface area contributed by atoms with Gasteiger partial charge in [0.1, 0.15) is 0 Å². The van der Waals surface area contributed by atoms with E-state index in [1.54, 1.807) is 0 Å². The molecular weight excluding hydrogens is 222 g/mol. The molecule has 2 rings (SSSR count). The molecule has 1 aliphatic rings. The first-order valence-corrected chi connectivity index (χ1v) is 7.15. The first-order chi connectivity index (χ1) is 8.77. The van der Waals surface area contributed by atoms with Gasteiger partial charge in [-0.05, 0) is 43.4 Å². The summed E-state index contributed by atoms with van der Waals surface area (Å²) in [6.07, 6.45) is 5.75. The summed E-state index contributed by atoms with van der Waals surface area (Å²) >= 11 is 0. The third kappa shape index (κ3) is 3.82. The highest BCUT2D eigenvalue weighted by Crippen LogP contribution is 2.20. The zero-order valence-electron chi connectivity index (χ0n) is 11.7. The van der Waals surface area contributed by atoms with Gasteiger partial charge in [0.05, 0.1) is 12.7 Å². The molecule has 0 aromatic heterocycles. The van der Waals surface area contributed by atoms with Gasteiger partial charge in [-0.25, -0.2) is 0 Å². The summed E-state index contributed by atoms with van der Waals surface area (Å²) in [5.74, 6) is 0. The van der Waals surface area contributed by atoms with Crippen LogP contribution in [0.2, 0.25) is 0 Å². The number of aryl methyl sites for hydroxylation is 2. The minimum Gasteiger partial charge on any atom is -0.377 e. The molecule has 2 nitrogen and oxygen atoms in total. The fourth-order valence-corrected chi connectivity index (χ4v) is 2.69. The van der Waals surface area contributed by atoms with Crippen LogP contribution in [0, 0.1) is 13.8 Å². The molecule has 2 heteroatoms. The molecule has 0 aliphatic heterocycles. The van der Waals surface area contributed by atoms with Crippen LogP contribution >= 0.6 is 0 Å². The van der Waals surface area contributed by atoms with Crippen molar-refractivity contribution in [3.8, 4) is 0 Å². The fraction of sp³-hybridized carbons (Fsp3) is 0.625. The van der Waals surface area contributed by atoms with E-state index in [0.29, 0.717) is 6.10 Å². The molecule has 0 unspecified atom stereocenters. The Kier molecular flexibility index (Phi) is 5.21. The van der Waals surface area contributed by atoms with E-state index >= 15 is 0 Å². The third-order valence-electron chi connectivity index (χ3n) is 3.88. The van der Waals surface area contributed by atoms with Crippen LogP contribution < -0.4 is 5.32 Å². The van der Waals surface area contributed by atoms with Crippen molar-refractivity contribution in [3.05, 3.63) is 34.9 Å². The Morgan fingerprint density at radius 2 is 1.83 bits per heavy atom. The summed E-state index contributed by atoms with van der Waals surface area (Å²) in [5.41, 5.74) is 4.18. The summed E-state index contributed by atoms with van der Waals surface area (Å²) in [7, 11) is 0. The molecule has 0 atom stereocenters. The summed E-state index contributed by atoms with van der Waals surface area (Å²) in [6, 6.07) is 6.48. The maximum absolute atomic E-state index is 5.84. The van der Waals surface area contributed by atoms with E-state index in [2.05, 4.69) is 37.4 Å². The lowest BCUT2D eigenvalue weighted by molar-refractivity contribution is 0.0602. The predicted octanol–water partition coefficient (Wildman–Crippen LogP) is 3.35. The van der Waals surface area contributed by atoms with Crippen molar-refractivity contribution >= 4 is 0 Å². The van der Waals surface area contributed by atoms with E-state index in [1.807, 2.05) is 0 Å². The zero-order valence-corrected chi connectivity index (χ0v) is 11.7. The van der Waals surface area contributed by atoms with Gasteiger partial charge in [0, 0.05) is 13.1 Å². The molecule has 0 bridgehead atoms. The van der Waals surface area contributed by atoms with Crippen LogP contribution in [0.15, 0.2) is 18.2 Å². The minimum absolute atomic E-state index is 0.534. The molecule has 0 radical (unpaired) electrons. The van der Waals surface area contributed by atoms with Crippen LogP contribution in [0.4, 0.5) is 0 Å². The van der Waals surface area contributed by atoms with Gasteiger partial charge in [-0.15, -0.1) is 0 Å². The average molecular weight is 247 g/mol. The molecule has 0 heterocycles. The quantitative estimate of drug-likeness (QED) is 0.778. The van der Waals surface area contributed by atoms with Crippen molar-refractivity contribution in [2.45, 2.75) is 52.2 Å². The number of hydrogen-bond acceptors (Lipinski definition) is 2. The molecule has 1 aliphatic carbocycles. The van der Waals surface area contributed by atoms with Gasteiger partial charge in [0.2, 0.25) is 0 Å². The molecule has 0 spiro atoms. The molecule has 1 aromatic rings. The zero-order chi connectivity index (χ0) is 12.8. The molecule has 0 saturated heterocycles. The Hall–Kier alpha value is -0.860. The lowest BCUT2D eigenvalue weighted by atomic mass is 10.0. The van der Waals surface area contributed by atoms with Gasteiger partial charge in [-0.1, -0.05) is 31.0 Å². The van der Waals surface area contributed by atoms with Crippen LogP contribution in [0.3, 0.4) is 0 Å². The van der Waals surface area contributed by atoms with E-state index in [9.17, 15) is 0 Å². The maximum Gasteiger partial charge on any atom is 0.0594 e. The fourth-order valence-electron chi connectivity index (χ4n) is 2.69. The second-order valence-corrected chi connectivity index (χ2v) is 5.32. The SMILES string of the molecule is Cc1cccc(C)c1CNCCOC1CCCC1. The van der Waals surface area contributed by atoms with Gasteiger partial charge in [-0.3, -0.25) is 0 Å². The largest absolute Gasteiger partial charge is 0.377 e. The highest BCUT2D eigenvalue weighted by Gasteiger charge is 2.14. The summed E-state index contributed by atoms with van der Waals surface area (Å²) < 4.78 is 5.84. The second-order valence-electron chi connectivity index (χ2n) is 5.32. The summed E-state index contributed by atoms with van der Waals surface area (Å²) in [6.45, 7) is 7.10. The first-order valence-electron chi connectivity index (χ1n) is 7.15. The monoisotopic (exact) mass is 247 g/mol. The number of rotatable bonds is 6. The Balaban J connectivity index is 1.65. The van der Waals surface area contributed by atoms with Crippen LogP contribution in [-0.4, -0.2) is 19.3 Å². The number of ether oxygens (including phenoxy) is 1. The Labute approximate surface area is 111 Å². The Bertz CT molecular complexity index is 349. The van der Waals surface area contributed by atoms with Crippen LogP contribution in [0.1, 0.15) is 42.4 Å². The predicted molar refractivity (Wildman–Crippen MR) is 75.8 cm³/mol. The smallest absolute Gasteiger partial charge is 0.0594 e. The van der Waals surface area contributed by atoms with Crippen molar-refractivity contribution in [3.63, 3.8) is 0 Å². The van der Waals surface area contributed by atoms with Crippen LogP contribution in [0.5, 0.6) is 0 Å². The highest BCUT2D eigenvalue weighted by molar-refractivity contribution is 5.33. The Morgan fingerprint density at radius 1 is 1.17 bits per heavy atom. The van der Waals surface area contributed by atoms with Crippen molar-refractivity contribution < 1.29 is 4.74 Å². The molecule has 1 saturated carbocycles. The van der Waals surface area contributed by atoms with E-state index < -0.39 is 0 Å². The number of benzene rings is 1. The number of hydrogen-bond donors (Lipinski definition) is 1. The molecule has 18 heavy (non-hydrogen) atoms. The molecule has 1 N–H and O–H groups in total. The van der Waals surface area contributed by atoms with Gasteiger partial charge in [0.15, 0.2) is 0 Å². The Morgan fingerprint density at radius 3 is 2.50 bits per heavy atom. The maximum atomic E-state index is 5.84. The van der Waals surface area contributed by atoms with E-state index in [-0.39, 0.29) is 0 Å². The molecule has 100 valence electrons. The lowest BCUT2D eigenvalue weighted by Gasteiger charge is -2.13. The van der Waals surface area contributed by atoms with Crippen molar-refractivity contribution in [1.29, 1.82) is 0 Å². The van der Waals surface area contributed by atoms with Crippen LogP contribution in [0.25, 0.3) is 0 Å². The molecule has 0 amide bonds. The van der Waals surface area contributed by atoms with Gasteiger partial charge < -0.3 is 10.1 Å². The number of nitrogens with one attached hydrogen (secondary N) is 1. The first kappa shape index (κ1) is 13.6. The van der Waals surface area contributed by atoms with Crippen molar-refractivity contribution in [2.75, 3.05) is 13.2 Å². The third-order valence-corrected chi connectivity index (χ3v) is 3.88. The summed E-state index contributed by atoms with van der Waals surface area (Å²) in [5, 5.41) is 3.48. The average Bonchev–Trinajstić information content (AvgIpc) is 2.85. The second kappa shape index (κ2) is 6.91. The molecule has 1 fully saturated rings. The molecular formula is C16H25NO. The van der Waals surface area contributed by atoms with Gasteiger partial charge >= 0.3 is 0 Å². The van der Waals surface area contributed by atoms with Gasteiger partial charge in [-0.2, -0.15) is 0 Å². The summed E-state index contributed by atoms with van der Waals surface area (Å²) in [4.78, 5) is 0. The molecule has 1 aromatic carbocycles. The standard InChI is InChI=1S/C16H25NO/c1-13-6-5-7-14(2)16(13)12-17-10-11-18-15-8-3-4-9-15/h5-7,15,17H,3-4,8-12H2,1-2H3. The van der Waals surface area contributed by atoms with E-state index in [0.717, 1.165) is 19.7 Å². The topological polar surface area (TPSA) is 21.3 Å². The lowest BCUT2D eigenvalue weighted by Crippen LogP contribution is -2.22. The minimum atomic E-state index is 0.534. The van der Waals surface area contributed by atoms with Gasteiger partial charge in [0.25, 0.3) is 0 Å². The van der Waals surface area contributed by atoms with Crippen LogP contribution in [-0.2, 0) is 11.3 Å². The highest BCUT2D eigenvalue weighted by atomic mass is 16.5. The van der Waals surface area contributed by atoms with Crippen molar-refractivity contribution in [1.82, 2.24) is 5.32 Å². The van der Waals surface area contributed by atoms with E-state index in [1.165, 1.54) is 42.4 Å². The van der Waals surface area contributed by atoms with Crippen molar-refractivity contribution in [2.24, 2.45) is 0 Å². The normalized spacial score (nSPS) is 16.3.